The fourth-order valence-corrected chi connectivity index (χ4v) is 8.58. The number of thiazole rings is 1. The molecule has 60 heavy (non-hydrogen) atoms. The molecule has 2 bridgehead atoms. The Labute approximate surface area is 357 Å². The predicted molar refractivity (Wildman–Crippen MR) is 228 cm³/mol. The van der Waals surface area contributed by atoms with Crippen LogP contribution in [-0.2, 0) is 46.3 Å². The third-order valence-corrected chi connectivity index (χ3v) is 11.9. The molecule has 16 nitrogen and oxygen atoms in total. The maximum atomic E-state index is 14.5. The zero-order valence-electron chi connectivity index (χ0n) is 33.2. The Hall–Kier alpha value is -5.98. The lowest BCUT2D eigenvalue weighted by Gasteiger charge is -2.23. The van der Waals surface area contributed by atoms with Gasteiger partial charge in [0.2, 0.25) is 17.7 Å². The van der Waals surface area contributed by atoms with Gasteiger partial charge in [0, 0.05) is 96.2 Å². The summed E-state index contributed by atoms with van der Waals surface area (Å²) in [5.74, 6) is -4.77. The van der Waals surface area contributed by atoms with Crippen molar-refractivity contribution in [3.63, 3.8) is 0 Å². The zero-order chi connectivity index (χ0) is 43.1. The number of nitrogens with one attached hydrogen (secondary N) is 6. The van der Waals surface area contributed by atoms with Crippen LogP contribution in [0.2, 0.25) is 0 Å². The first-order valence-corrected chi connectivity index (χ1v) is 20.8. The number of hydrogen-bond acceptors (Lipinski definition) is 10. The molecule has 0 unspecified atom stereocenters. The second-order valence-corrected chi connectivity index (χ2v) is 16.4. The van der Waals surface area contributed by atoms with E-state index in [2.05, 4.69) is 58.7 Å². The van der Waals surface area contributed by atoms with E-state index in [-0.39, 0.29) is 62.4 Å². The van der Waals surface area contributed by atoms with Gasteiger partial charge in [-0.15, -0.1) is 11.3 Å². The van der Waals surface area contributed by atoms with Crippen LogP contribution >= 0.6 is 27.3 Å². The molecule has 3 aromatic heterocycles. The molecule has 4 atom stereocenters. The summed E-state index contributed by atoms with van der Waals surface area (Å²) in [6.45, 7) is 4.81. The molecule has 2 aromatic carbocycles. The standard InChI is InChI=1S/C42H45BrN8O8S/c1-22-38(55)47-23(2)42(58)51(3)19-27(52)14-26(20-59-4)41-50-34(21-60-41)40(57)49-33(15-24-17-44-30-10-6-5-8-28(24)30)39(56)48-32(35(53)12-13-36(54)46-22)16-25-18-45-31-11-7-9-29(43)37(25)31/h5-11,17-18,21-22,26,32-33,44-45H,2,12-16,19-20H2,1,3-4H3,(H,46,54)(H,47,55)(H,48,56)(H,49,57)/t22-,26-,32+,33+/m1/s1. The number of halogens is 1. The van der Waals surface area contributed by atoms with Crippen LogP contribution < -0.4 is 21.3 Å². The van der Waals surface area contributed by atoms with Gasteiger partial charge in [-0.3, -0.25) is 33.6 Å². The summed E-state index contributed by atoms with van der Waals surface area (Å²) >= 11 is 4.73. The van der Waals surface area contributed by atoms with Crippen molar-refractivity contribution in [1.29, 1.82) is 0 Å². The third kappa shape index (κ3) is 10.4. The maximum absolute atomic E-state index is 14.5. The summed E-state index contributed by atoms with van der Waals surface area (Å²) in [7, 11) is 2.85. The number of aromatic nitrogens is 3. The number of nitrogens with zero attached hydrogens (tertiary/aromatic N) is 2. The van der Waals surface area contributed by atoms with Crippen LogP contribution in [0.5, 0.6) is 0 Å². The van der Waals surface area contributed by atoms with E-state index in [1.165, 1.54) is 26.5 Å². The van der Waals surface area contributed by atoms with Crippen molar-refractivity contribution in [3.8, 4) is 0 Å². The number of Topliss-reactive ketones (excluding diaryl/α,β-unsaturated/α-hetero) is 2. The Morgan fingerprint density at radius 1 is 0.883 bits per heavy atom. The highest BCUT2D eigenvalue weighted by Crippen LogP contribution is 2.29. The molecule has 4 heterocycles. The van der Waals surface area contributed by atoms with E-state index >= 15 is 0 Å². The van der Waals surface area contributed by atoms with Gasteiger partial charge < -0.3 is 40.9 Å². The van der Waals surface area contributed by atoms with E-state index < -0.39 is 59.4 Å². The van der Waals surface area contributed by atoms with Crippen LogP contribution in [-0.4, -0.2) is 106 Å². The molecule has 1 aliphatic heterocycles. The van der Waals surface area contributed by atoms with Gasteiger partial charge in [0.15, 0.2) is 11.6 Å². The van der Waals surface area contributed by atoms with E-state index in [1.807, 2.05) is 42.5 Å². The van der Waals surface area contributed by atoms with E-state index in [0.717, 1.165) is 53.6 Å². The predicted octanol–water partition coefficient (Wildman–Crippen LogP) is 3.58. The second-order valence-electron chi connectivity index (χ2n) is 14.7. The van der Waals surface area contributed by atoms with Gasteiger partial charge in [0.05, 0.1) is 29.9 Å². The van der Waals surface area contributed by atoms with Gasteiger partial charge >= 0.3 is 0 Å². The summed E-state index contributed by atoms with van der Waals surface area (Å²) in [4.78, 5) is 107. The number of methoxy groups -OCH3 is 1. The number of amides is 5. The van der Waals surface area contributed by atoms with Crippen LogP contribution in [0.4, 0.5) is 0 Å². The number of likely N-dealkylation sites (N-methyl/N-ethyl adjacent to an activating group) is 1. The average Bonchev–Trinajstić information content (AvgIpc) is 3.98. The zero-order valence-corrected chi connectivity index (χ0v) is 35.6. The second kappa shape index (κ2) is 19.4. The van der Waals surface area contributed by atoms with Crippen molar-refractivity contribution < 1.29 is 38.3 Å². The largest absolute Gasteiger partial charge is 0.384 e. The maximum Gasteiger partial charge on any atom is 0.271 e. The van der Waals surface area contributed by atoms with Crippen LogP contribution in [0, 0.1) is 0 Å². The molecule has 6 N–H and O–H groups in total. The number of hydrogen-bond donors (Lipinski definition) is 6. The molecule has 18 heteroatoms. The number of carbonyl (C=O) groups excluding carboxylic acids is 7. The number of ketones is 2. The van der Waals surface area contributed by atoms with Gasteiger partial charge in [0.1, 0.15) is 17.8 Å². The Morgan fingerprint density at radius 3 is 2.38 bits per heavy atom. The van der Waals surface area contributed by atoms with Crippen molar-refractivity contribution in [1.82, 2.24) is 41.1 Å². The first-order chi connectivity index (χ1) is 28.7. The number of benzene rings is 2. The minimum Gasteiger partial charge on any atom is -0.384 e. The number of fused-ring (bicyclic) bond motifs is 4. The summed E-state index contributed by atoms with van der Waals surface area (Å²) in [5.41, 5.74) is 2.78. The number of carbonyl (C=O) groups is 7. The molecular formula is C42H45BrN8O8S. The highest BCUT2D eigenvalue weighted by Gasteiger charge is 2.31. The SMILES string of the molecule is C=C1NC(=O)[C@@H](C)NC(=O)CCC(=O)[C@H](Cc2c[nH]c3cccc(Br)c23)NC(=O)[C@H](Cc2c[nH]c3ccccc23)NC(=O)c2csc(n2)[C@@H](COC)CC(=O)CN(C)C1=O. The molecule has 0 aliphatic carbocycles. The van der Waals surface area contributed by atoms with E-state index in [9.17, 15) is 33.6 Å². The van der Waals surface area contributed by atoms with Crippen LogP contribution in [0.3, 0.4) is 0 Å². The highest BCUT2D eigenvalue weighted by molar-refractivity contribution is 9.10. The van der Waals surface area contributed by atoms with E-state index in [1.54, 1.807) is 12.4 Å². The lowest BCUT2D eigenvalue weighted by molar-refractivity contribution is -0.133. The van der Waals surface area contributed by atoms with Crippen molar-refractivity contribution in [2.45, 2.75) is 63.1 Å². The van der Waals surface area contributed by atoms with Gasteiger partial charge in [-0.05, 0) is 36.2 Å². The number of aromatic amines is 2. The molecule has 0 fully saturated rings. The topological polar surface area (TPSA) is 225 Å². The summed E-state index contributed by atoms with van der Waals surface area (Å²) in [6.07, 6.45) is 2.88. The quantitative estimate of drug-likeness (QED) is 0.137. The Kier molecular flexibility index (Phi) is 14.1. The minimum absolute atomic E-state index is 0.00517. The van der Waals surface area contributed by atoms with E-state index in [4.69, 9.17) is 4.74 Å². The Balaban J connectivity index is 1.35. The van der Waals surface area contributed by atoms with Crippen molar-refractivity contribution in [2.24, 2.45) is 0 Å². The molecule has 6 rings (SSSR count). The number of rotatable bonds is 6. The molecule has 0 saturated heterocycles. The van der Waals surface area contributed by atoms with Crippen LogP contribution in [0.25, 0.3) is 21.8 Å². The summed E-state index contributed by atoms with van der Waals surface area (Å²) in [5, 5.41) is 14.2. The van der Waals surface area contributed by atoms with Gasteiger partial charge in [-0.2, -0.15) is 0 Å². The Morgan fingerprint density at radius 2 is 1.60 bits per heavy atom. The monoisotopic (exact) mass is 900 g/mol. The first-order valence-electron chi connectivity index (χ1n) is 19.2. The van der Waals surface area contributed by atoms with E-state index in [0.29, 0.717) is 5.01 Å². The molecule has 0 radical (unpaired) electrons. The molecule has 0 saturated carbocycles. The minimum atomic E-state index is -1.20. The number of para-hydroxylation sites is 1. The number of ether oxygens (including phenoxy) is 1. The van der Waals surface area contributed by atoms with Crippen LogP contribution in [0.15, 0.2) is 77.0 Å². The normalized spacial score (nSPS) is 21.1. The molecule has 0 spiro atoms. The summed E-state index contributed by atoms with van der Waals surface area (Å²) in [6, 6.07) is 9.65. The van der Waals surface area contributed by atoms with Gasteiger partial charge in [-0.1, -0.05) is 46.8 Å². The fourth-order valence-electron chi connectivity index (χ4n) is 7.07. The molecule has 5 amide bonds. The lowest BCUT2D eigenvalue weighted by atomic mass is 9.97. The van der Waals surface area contributed by atoms with Crippen molar-refractivity contribution >= 4 is 90.2 Å². The fraction of sp³-hybridized carbons (Fsp3) is 0.333. The smallest absolute Gasteiger partial charge is 0.271 e. The highest BCUT2D eigenvalue weighted by atomic mass is 79.9. The molecule has 5 aromatic rings. The lowest BCUT2D eigenvalue weighted by Crippen LogP contribution is -2.53. The van der Waals surface area contributed by atoms with Gasteiger partial charge in [-0.25, -0.2) is 4.98 Å². The van der Waals surface area contributed by atoms with Crippen molar-refractivity contribution in [2.75, 3.05) is 27.3 Å². The Bertz CT molecular complexity index is 2470. The van der Waals surface area contributed by atoms with Crippen molar-refractivity contribution in [3.05, 3.63) is 98.8 Å². The van der Waals surface area contributed by atoms with Crippen LogP contribution in [0.1, 0.15) is 58.7 Å². The van der Waals surface area contributed by atoms with Gasteiger partial charge in [0.25, 0.3) is 11.8 Å². The molecule has 314 valence electrons. The summed E-state index contributed by atoms with van der Waals surface area (Å²) < 4.78 is 6.16. The molecular weight excluding hydrogens is 856 g/mol. The first kappa shape index (κ1) is 43.6. The number of H-pyrrole nitrogens is 2. The average molecular weight is 902 g/mol. The molecule has 1 aliphatic rings. The third-order valence-electron chi connectivity index (χ3n) is 10.2.